The summed E-state index contributed by atoms with van der Waals surface area (Å²) in [6, 6.07) is 4.77. The highest BCUT2D eigenvalue weighted by atomic mass is 16.5. The molecule has 1 saturated heterocycles. The fourth-order valence-corrected chi connectivity index (χ4v) is 1.52. The molecule has 0 amide bonds. The van der Waals surface area contributed by atoms with Crippen LogP contribution in [0.25, 0.3) is 0 Å². The molecule has 1 heterocycles. The second-order valence-corrected chi connectivity index (χ2v) is 3.31. The Morgan fingerprint density at radius 1 is 1.29 bits per heavy atom. The molecule has 2 rings (SSSR count). The van der Waals surface area contributed by atoms with Gasteiger partial charge >= 0.3 is 0 Å². The Hall–Kier alpha value is -1.26. The Bertz CT molecular complexity index is 321. The van der Waals surface area contributed by atoms with E-state index in [-0.39, 0.29) is 17.6 Å². The molecule has 1 aromatic carbocycles. The van der Waals surface area contributed by atoms with Crippen molar-refractivity contribution in [2.24, 2.45) is 0 Å². The van der Waals surface area contributed by atoms with Gasteiger partial charge in [0.25, 0.3) is 0 Å². The highest BCUT2D eigenvalue weighted by Gasteiger charge is 2.16. The number of benzene rings is 1. The molecule has 0 unspecified atom stereocenters. The Labute approximate surface area is 82.1 Å². The first-order valence-electron chi connectivity index (χ1n) is 4.61. The Morgan fingerprint density at radius 3 is 2.79 bits per heavy atom. The molecule has 76 valence electrons. The minimum Gasteiger partial charge on any atom is -0.504 e. The number of hydrogen-bond acceptors (Lipinski definition) is 4. The molecule has 14 heavy (non-hydrogen) atoms. The van der Waals surface area contributed by atoms with Gasteiger partial charge in [0.15, 0.2) is 11.5 Å². The summed E-state index contributed by atoms with van der Waals surface area (Å²) in [4.78, 5) is 0. The number of ether oxygens (including phenoxy) is 1. The van der Waals surface area contributed by atoms with E-state index in [1.165, 1.54) is 12.1 Å². The van der Waals surface area contributed by atoms with E-state index in [4.69, 9.17) is 9.84 Å². The number of morpholine rings is 1. The molecule has 4 heteroatoms. The van der Waals surface area contributed by atoms with Crippen LogP contribution >= 0.6 is 0 Å². The SMILES string of the molecule is Oc1ccc([C@@H]2CNCCO2)cc1O. The van der Waals surface area contributed by atoms with Gasteiger partial charge in [0.1, 0.15) is 0 Å². The van der Waals surface area contributed by atoms with E-state index in [9.17, 15) is 5.11 Å². The molecular formula is C10H13NO3. The lowest BCUT2D eigenvalue weighted by Crippen LogP contribution is -2.33. The summed E-state index contributed by atoms with van der Waals surface area (Å²) in [5, 5.41) is 21.6. The highest BCUT2D eigenvalue weighted by molar-refractivity contribution is 5.41. The first-order chi connectivity index (χ1) is 6.77. The molecule has 0 bridgehead atoms. The zero-order valence-corrected chi connectivity index (χ0v) is 7.73. The largest absolute Gasteiger partial charge is 0.504 e. The maximum absolute atomic E-state index is 9.30. The van der Waals surface area contributed by atoms with Gasteiger partial charge in [-0.2, -0.15) is 0 Å². The molecule has 1 aliphatic rings. The summed E-state index contributed by atoms with van der Waals surface area (Å²) in [7, 11) is 0. The van der Waals surface area contributed by atoms with E-state index in [1.807, 2.05) is 0 Å². The number of rotatable bonds is 1. The summed E-state index contributed by atoms with van der Waals surface area (Å²) >= 11 is 0. The number of nitrogens with one attached hydrogen (secondary N) is 1. The predicted molar refractivity (Wildman–Crippen MR) is 51.3 cm³/mol. The standard InChI is InChI=1S/C10H13NO3/c12-8-2-1-7(5-9(8)13)10-6-11-3-4-14-10/h1-2,5,10-13H,3-4,6H2/t10-/m0/s1. The number of phenolic OH excluding ortho intramolecular Hbond substituents is 2. The van der Waals surface area contributed by atoms with Crippen LogP contribution in [-0.2, 0) is 4.74 Å². The van der Waals surface area contributed by atoms with Gasteiger partial charge in [0.05, 0.1) is 12.7 Å². The van der Waals surface area contributed by atoms with Gasteiger partial charge in [-0.25, -0.2) is 0 Å². The number of hydrogen-bond donors (Lipinski definition) is 3. The van der Waals surface area contributed by atoms with Crippen molar-refractivity contribution in [2.75, 3.05) is 19.7 Å². The van der Waals surface area contributed by atoms with Gasteiger partial charge in [0.2, 0.25) is 0 Å². The van der Waals surface area contributed by atoms with Crippen LogP contribution in [0, 0.1) is 0 Å². The molecular weight excluding hydrogens is 182 g/mol. The molecule has 0 saturated carbocycles. The summed E-state index contributed by atoms with van der Waals surface area (Å²) in [5.41, 5.74) is 0.882. The van der Waals surface area contributed by atoms with Crippen molar-refractivity contribution < 1.29 is 14.9 Å². The zero-order chi connectivity index (χ0) is 9.97. The van der Waals surface area contributed by atoms with E-state index in [1.54, 1.807) is 6.07 Å². The molecule has 0 aliphatic carbocycles. The first-order valence-corrected chi connectivity index (χ1v) is 4.61. The van der Waals surface area contributed by atoms with E-state index in [0.29, 0.717) is 6.61 Å². The quantitative estimate of drug-likeness (QED) is 0.579. The number of phenols is 2. The fraction of sp³-hybridized carbons (Fsp3) is 0.400. The van der Waals surface area contributed by atoms with Crippen LogP contribution in [0.1, 0.15) is 11.7 Å². The van der Waals surface area contributed by atoms with Crippen molar-refractivity contribution in [2.45, 2.75) is 6.10 Å². The Kier molecular flexibility index (Phi) is 2.56. The van der Waals surface area contributed by atoms with Gasteiger partial charge in [0, 0.05) is 13.1 Å². The third-order valence-electron chi connectivity index (χ3n) is 2.30. The van der Waals surface area contributed by atoms with Crippen LogP contribution in [0.15, 0.2) is 18.2 Å². The molecule has 1 aromatic rings. The van der Waals surface area contributed by atoms with Crippen molar-refractivity contribution in [3.8, 4) is 11.5 Å². The summed E-state index contributed by atoms with van der Waals surface area (Å²) < 4.78 is 5.50. The van der Waals surface area contributed by atoms with Crippen LogP contribution in [0.3, 0.4) is 0 Å². The minimum absolute atomic E-state index is 0.0322. The van der Waals surface area contributed by atoms with E-state index in [0.717, 1.165) is 18.7 Å². The van der Waals surface area contributed by atoms with Crippen molar-refractivity contribution in [1.82, 2.24) is 5.32 Å². The maximum atomic E-state index is 9.30. The topological polar surface area (TPSA) is 61.7 Å². The van der Waals surface area contributed by atoms with Crippen LogP contribution in [0.5, 0.6) is 11.5 Å². The van der Waals surface area contributed by atoms with Crippen molar-refractivity contribution in [3.05, 3.63) is 23.8 Å². The van der Waals surface area contributed by atoms with Crippen molar-refractivity contribution in [3.63, 3.8) is 0 Å². The molecule has 0 spiro atoms. The highest BCUT2D eigenvalue weighted by Crippen LogP contribution is 2.29. The second kappa shape index (κ2) is 3.86. The summed E-state index contributed by atoms with van der Waals surface area (Å²) in [6.07, 6.45) is -0.0322. The van der Waals surface area contributed by atoms with Crippen molar-refractivity contribution in [1.29, 1.82) is 0 Å². The zero-order valence-electron chi connectivity index (χ0n) is 7.73. The maximum Gasteiger partial charge on any atom is 0.157 e. The monoisotopic (exact) mass is 195 g/mol. The third kappa shape index (κ3) is 1.81. The predicted octanol–water partition coefficient (Wildman–Crippen LogP) is 0.759. The summed E-state index contributed by atoms with van der Waals surface area (Å²) in [6.45, 7) is 2.27. The molecule has 4 nitrogen and oxygen atoms in total. The van der Waals surface area contributed by atoms with Gasteiger partial charge in [-0.3, -0.25) is 0 Å². The van der Waals surface area contributed by atoms with E-state index in [2.05, 4.69) is 5.32 Å². The molecule has 1 aliphatic heterocycles. The number of aromatic hydroxyl groups is 2. The van der Waals surface area contributed by atoms with Gasteiger partial charge in [-0.05, 0) is 17.7 Å². The smallest absolute Gasteiger partial charge is 0.157 e. The van der Waals surface area contributed by atoms with Crippen LogP contribution in [-0.4, -0.2) is 29.9 Å². The lowest BCUT2D eigenvalue weighted by atomic mass is 10.1. The normalized spacial score (nSPS) is 22.1. The van der Waals surface area contributed by atoms with E-state index < -0.39 is 0 Å². The lowest BCUT2D eigenvalue weighted by molar-refractivity contribution is 0.0275. The second-order valence-electron chi connectivity index (χ2n) is 3.31. The average Bonchev–Trinajstić information content (AvgIpc) is 2.23. The summed E-state index contributed by atoms with van der Waals surface area (Å²) in [5.74, 6) is -0.200. The Morgan fingerprint density at radius 2 is 2.14 bits per heavy atom. The molecule has 1 atom stereocenters. The van der Waals surface area contributed by atoms with Crippen LogP contribution in [0.4, 0.5) is 0 Å². The van der Waals surface area contributed by atoms with Crippen LogP contribution < -0.4 is 5.32 Å². The molecule has 0 aromatic heterocycles. The van der Waals surface area contributed by atoms with Crippen molar-refractivity contribution >= 4 is 0 Å². The molecule has 0 radical (unpaired) electrons. The van der Waals surface area contributed by atoms with E-state index >= 15 is 0 Å². The lowest BCUT2D eigenvalue weighted by Gasteiger charge is -2.24. The third-order valence-corrected chi connectivity index (χ3v) is 2.30. The van der Waals surface area contributed by atoms with Crippen LogP contribution in [0.2, 0.25) is 0 Å². The molecule has 1 fully saturated rings. The average molecular weight is 195 g/mol. The Balaban J connectivity index is 2.18. The van der Waals surface area contributed by atoms with Gasteiger partial charge < -0.3 is 20.3 Å². The fourth-order valence-electron chi connectivity index (χ4n) is 1.52. The molecule has 3 N–H and O–H groups in total. The minimum atomic E-state index is -0.100. The van der Waals surface area contributed by atoms with Gasteiger partial charge in [-0.15, -0.1) is 0 Å². The van der Waals surface area contributed by atoms with Gasteiger partial charge in [-0.1, -0.05) is 6.07 Å². The first kappa shape index (κ1) is 9.30.